The maximum absolute atomic E-state index is 13.4. The lowest BCUT2D eigenvalue weighted by atomic mass is 9.49. The van der Waals surface area contributed by atoms with Crippen molar-refractivity contribution in [3.63, 3.8) is 0 Å². The summed E-state index contributed by atoms with van der Waals surface area (Å²) in [5.41, 5.74) is 1.79. The third kappa shape index (κ3) is 4.16. The molecular weight excluding hydrogens is 400 g/mol. The summed E-state index contributed by atoms with van der Waals surface area (Å²) in [6.45, 7) is 4.60. The van der Waals surface area contributed by atoms with Crippen molar-refractivity contribution < 1.29 is 9.59 Å². The number of carbonyl (C=O) groups excluding carboxylic acids is 2. The number of hydrogen-bond acceptors (Lipinski definition) is 3. The van der Waals surface area contributed by atoms with Crippen molar-refractivity contribution >= 4 is 22.8 Å². The largest absolute Gasteiger partial charge is 0.354 e. The van der Waals surface area contributed by atoms with Crippen LogP contribution in [0.3, 0.4) is 0 Å². The fourth-order valence-electron chi connectivity index (χ4n) is 6.92. The van der Waals surface area contributed by atoms with Gasteiger partial charge in [0.1, 0.15) is 11.9 Å². The van der Waals surface area contributed by atoms with Gasteiger partial charge in [0.25, 0.3) is 0 Å². The Morgan fingerprint density at radius 2 is 1.75 bits per heavy atom. The number of imidazole rings is 1. The molecule has 6 nitrogen and oxygen atoms in total. The highest BCUT2D eigenvalue weighted by Crippen LogP contribution is 2.60. The first-order valence-corrected chi connectivity index (χ1v) is 12.4. The molecule has 2 amide bonds. The van der Waals surface area contributed by atoms with Crippen LogP contribution in [0.1, 0.15) is 64.6 Å². The number of amides is 2. The molecule has 0 radical (unpaired) electrons. The van der Waals surface area contributed by atoms with Crippen molar-refractivity contribution in [2.45, 2.75) is 71.3 Å². The van der Waals surface area contributed by atoms with Gasteiger partial charge in [0.2, 0.25) is 11.8 Å². The molecule has 172 valence electrons. The summed E-state index contributed by atoms with van der Waals surface area (Å²) in [6, 6.07) is 7.52. The van der Waals surface area contributed by atoms with Crippen LogP contribution in [0.5, 0.6) is 0 Å². The molecule has 2 aromatic rings. The molecule has 0 aliphatic heterocycles. The maximum atomic E-state index is 13.4. The Hall–Kier alpha value is -2.37. The van der Waals surface area contributed by atoms with E-state index in [1.807, 2.05) is 38.1 Å². The zero-order valence-electron chi connectivity index (χ0n) is 19.3. The first kappa shape index (κ1) is 21.5. The van der Waals surface area contributed by atoms with E-state index in [1.54, 1.807) is 0 Å². The summed E-state index contributed by atoms with van der Waals surface area (Å²) in [4.78, 5) is 34.3. The van der Waals surface area contributed by atoms with Gasteiger partial charge in [-0.1, -0.05) is 26.0 Å². The van der Waals surface area contributed by atoms with Gasteiger partial charge in [-0.25, -0.2) is 4.98 Å². The molecule has 6 heteroatoms. The number of nitrogens with zero attached hydrogens (tertiary/aromatic N) is 1. The molecule has 4 bridgehead atoms. The van der Waals surface area contributed by atoms with E-state index >= 15 is 0 Å². The fourth-order valence-corrected chi connectivity index (χ4v) is 6.92. The molecule has 1 heterocycles. The van der Waals surface area contributed by atoms with Gasteiger partial charge in [-0.15, -0.1) is 0 Å². The van der Waals surface area contributed by atoms with Crippen LogP contribution in [0.2, 0.25) is 0 Å². The van der Waals surface area contributed by atoms with Gasteiger partial charge < -0.3 is 15.6 Å². The van der Waals surface area contributed by atoms with Crippen LogP contribution in [0.15, 0.2) is 24.3 Å². The second kappa shape index (κ2) is 8.53. The van der Waals surface area contributed by atoms with E-state index in [9.17, 15) is 9.59 Å². The number of fused-ring (bicyclic) bond motifs is 1. The molecular formula is C26H36N4O2. The van der Waals surface area contributed by atoms with Gasteiger partial charge in [0.15, 0.2) is 0 Å². The van der Waals surface area contributed by atoms with Crippen LogP contribution < -0.4 is 10.6 Å². The first-order chi connectivity index (χ1) is 15.4. The Labute approximate surface area is 190 Å². The van der Waals surface area contributed by atoms with Gasteiger partial charge >= 0.3 is 0 Å². The molecule has 32 heavy (non-hydrogen) atoms. The zero-order chi connectivity index (χ0) is 22.3. The Kier molecular flexibility index (Phi) is 5.72. The van der Waals surface area contributed by atoms with Crippen molar-refractivity contribution in [2.24, 2.45) is 29.1 Å². The summed E-state index contributed by atoms with van der Waals surface area (Å²) >= 11 is 0. The summed E-state index contributed by atoms with van der Waals surface area (Å²) in [5.74, 6) is 3.22. The second-order valence-electron chi connectivity index (χ2n) is 11.0. The lowest BCUT2D eigenvalue weighted by molar-refractivity contribution is -0.149. The SMILES string of the molecule is CC(C)C(NC(=O)C12CC3CC(CC(C3)C1)C2)C(=O)NCCCc1nc2ccccc2[nH]1. The molecule has 4 aliphatic rings. The molecule has 4 aliphatic carbocycles. The number of carbonyl (C=O) groups is 2. The smallest absolute Gasteiger partial charge is 0.242 e. The molecule has 1 unspecified atom stereocenters. The van der Waals surface area contributed by atoms with Crippen LogP contribution in [-0.2, 0) is 16.0 Å². The predicted molar refractivity (Wildman–Crippen MR) is 125 cm³/mol. The van der Waals surface area contributed by atoms with Crippen LogP contribution in [0.25, 0.3) is 11.0 Å². The first-order valence-electron chi connectivity index (χ1n) is 12.4. The maximum Gasteiger partial charge on any atom is 0.242 e. The number of nitrogens with one attached hydrogen (secondary N) is 3. The zero-order valence-corrected chi connectivity index (χ0v) is 19.3. The summed E-state index contributed by atoms with van der Waals surface area (Å²) in [6.07, 6.45) is 8.59. The van der Waals surface area contributed by atoms with E-state index < -0.39 is 6.04 Å². The lowest BCUT2D eigenvalue weighted by Gasteiger charge is -2.55. The van der Waals surface area contributed by atoms with E-state index in [4.69, 9.17) is 0 Å². The third-order valence-corrected chi connectivity index (χ3v) is 8.08. The monoisotopic (exact) mass is 436 g/mol. The van der Waals surface area contributed by atoms with Crippen molar-refractivity contribution in [1.29, 1.82) is 0 Å². The predicted octanol–water partition coefficient (Wildman–Crippen LogP) is 3.97. The lowest BCUT2D eigenvalue weighted by Crippen LogP contribution is -2.58. The van der Waals surface area contributed by atoms with Crippen LogP contribution in [-0.4, -0.2) is 34.4 Å². The van der Waals surface area contributed by atoms with E-state index in [0.717, 1.165) is 66.7 Å². The standard InChI is InChI=1S/C26H36N4O2/c1-16(2)23(30-25(32)26-13-17-10-18(14-26)12-19(11-17)15-26)24(31)27-9-5-8-22-28-20-6-3-4-7-21(20)29-22/h3-4,6-7,16-19,23H,5,8-15H2,1-2H3,(H,27,31)(H,28,29)(H,30,32). The minimum Gasteiger partial charge on any atom is -0.354 e. The topological polar surface area (TPSA) is 86.9 Å². The number of aromatic amines is 1. The number of para-hydroxylation sites is 2. The van der Waals surface area contributed by atoms with Crippen molar-refractivity contribution in [1.82, 2.24) is 20.6 Å². The summed E-state index contributed by atoms with van der Waals surface area (Å²) in [7, 11) is 0. The highest BCUT2D eigenvalue weighted by molar-refractivity contribution is 5.90. The van der Waals surface area contributed by atoms with Gasteiger partial charge in [-0.05, 0) is 80.8 Å². The van der Waals surface area contributed by atoms with E-state index in [0.29, 0.717) is 6.54 Å². The number of aromatic nitrogens is 2. The molecule has 1 atom stereocenters. The average molecular weight is 437 g/mol. The Morgan fingerprint density at radius 1 is 1.09 bits per heavy atom. The Bertz CT molecular complexity index is 926. The number of aryl methyl sites for hydroxylation is 1. The average Bonchev–Trinajstić information content (AvgIpc) is 3.16. The summed E-state index contributed by atoms with van der Waals surface area (Å²) < 4.78 is 0. The van der Waals surface area contributed by atoms with Crippen molar-refractivity contribution in [3.05, 3.63) is 30.1 Å². The normalized spacial score (nSPS) is 29.4. The highest BCUT2D eigenvalue weighted by Gasteiger charge is 2.55. The van der Waals surface area contributed by atoms with E-state index in [1.165, 1.54) is 19.3 Å². The van der Waals surface area contributed by atoms with Gasteiger partial charge in [-0.2, -0.15) is 0 Å². The third-order valence-electron chi connectivity index (χ3n) is 8.08. The molecule has 0 saturated heterocycles. The van der Waals surface area contributed by atoms with E-state index in [2.05, 4.69) is 20.6 Å². The molecule has 4 fully saturated rings. The number of H-pyrrole nitrogens is 1. The number of benzene rings is 1. The van der Waals surface area contributed by atoms with Crippen LogP contribution >= 0.6 is 0 Å². The van der Waals surface area contributed by atoms with Gasteiger partial charge in [-0.3, -0.25) is 9.59 Å². The fraction of sp³-hybridized carbons (Fsp3) is 0.654. The van der Waals surface area contributed by atoms with Gasteiger partial charge in [0.05, 0.1) is 11.0 Å². The van der Waals surface area contributed by atoms with E-state index in [-0.39, 0.29) is 23.1 Å². The summed E-state index contributed by atoms with van der Waals surface area (Å²) in [5, 5.41) is 6.23. The molecule has 1 aromatic carbocycles. The number of hydrogen-bond donors (Lipinski definition) is 3. The second-order valence-corrected chi connectivity index (χ2v) is 11.0. The minimum atomic E-state index is -0.471. The van der Waals surface area contributed by atoms with Gasteiger partial charge in [0, 0.05) is 18.4 Å². The molecule has 4 saturated carbocycles. The minimum absolute atomic E-state index is 0.0586. The van der Waals surface area contributed by atoms with Crippen LogP contribution in [0.4, 0.5) is 0 Å². The Morgan fingerprint density at radius 3 is 2.38 bits per heavy atom. The van der Waals surface area contributed by atoms with Crippen molar-refractivity contribution in [3.8, 4) is 0 Å². The molecule has 1 aromatic heterocycles. The number of rotatable bonds is 8. The molecule has 0 spiro atoms. The quantitative estimate of drug-likeness (QED) is 0.547. The highest BCUT2D eigenvalue weighted by atomic mass is 16.2. The Balaban J connectivity index is 1.14. The van der Waals surface area contributed by atoms with Crippen LogP contribution in [0, 0.1) is 29.1 Å². The molecule has 6 rings (SSSR count). The van der Waals surface area contributed by atoms with Crippen molar-refractivity contribution in [2.75, 3.05) is 6.54 Å². The molecule has 3 N–H and O–H groups in total.